The highest BCUT2D eigenvalue weighted by Crippen LogP contribution is 2.24. The minimum absolute atomic E-state index is 0.0910. The second-order valence-electron chi connectivity index (χ2n) is 6.54. The number of aryl methyl sites for hydroxylation is 1. The second-order valence-corrected chi connectivity index (χ2v) is 6.54. The van der Waals surface area contributed by atoms with E-state index in [-0.39, 0.29) is 5.91 Å². The third-order valence-corrected chi connectivity index (χ3v) is 4.72. The fourth-order valence-electron chi connectivity index (χ4n) is 3.48. The molecule has 1 saturated heterocycles. The maximum absolute atomic E-state index is 12.5. The highest BCUT2D eigenvalue weighted by molar-refractivity contribution is 5.93. The molecule has 5 nitrogen and oxygen atoms in total. The molecule has 1 amide bonds. The summed E-state index contributed by atoms with van der Waals surface area (Å²) in [5, 5.41) is 5.27. The molecule has 1 aliphatic heterocycles. The fraction of sp³-hybridized carbons (Fsp3) is 0.316. The third-order valence-electron chi connectivity index (χ3n) is 4.72. The predicted octanol–water partition coefficient (Wildman–Crippen LogP) is 2.67. The van der Waals surface area contributed by atoms with Crippen molar-refractivity contribution in [2.75, 3.05) is 13.1 Å². The van der Waals surface area contributed by atoms with Crippen molar-refractivity contribution in [2.45, 2.75) is 12.8 Å². The first kappa shape index (κ1) is 14.9. The molecule has 0 bridgehead atoms. The Morgan fingerprint density at radius 1 is 1.33 bits per heavy atom. The third kappa shape index (κ3) is 2.89. The summed E-state index contributed by atoms with van der Waals surface area (Å²) in [5.41, 5.74) is 3.02. The standard InChI is InChI=1S/C19H20N4O/c1-22-13-17(11-21-22)19(24)23-8-6-15(12-23)9-14-4-5-18-16(10-14)3-2-7-20-18/h2-5,7,10-11,13,15H,6,8-9,12H2,1H3/t15-/m1/s1. The van der Waals surface area contributed by atoms with Crippen LogP contribution in [0.25, 0.3) is 10.9 Å². The van der Waals surface area contributed by atoms with Crippen LogP contribution >= 0.6 is 0 Å². The monoisotopic (exact) mass is 320 g/mol. The van der Waals surface area contributed by atoms with Gasteiger partial charge >= 0.3 is 0 Å². The number of amides is 1. The minimum Gasteiger partial charge on any atom is -0.338 e. The Morgan fingerprint density at radius 2 is 2.25 bits per heavy atom. The lowest BCUT2D eigenvalue weighted by molar-refractivity contribution is 0.0787. The largest absolute Gasteiger partial charge is 0.338 e. The normalized spacial score (nSPS) is 17.5. The van der Waals surface area contributed by atoms with Crippen LogP contribution in [0, 0.1) is 5.92 Å². The van der Waals surface area contributed by atoms with Gasteiger partial charge in [0.15, 0.2) is 0 Å². The van der Waals surface area contributed by atoms with Crippen LogP contribution in [0.3, 0.4) is 0 Å². The van der Waals surface area contributed by atoms with E-state index in [0.717, 1.165) is 31.4 Å². The van der Waals surface area contributed by atoms with Gasteiger partial charge in [-0.1, -0.05) is 12.1 Å². The lowest BCUT2D eigenvalue weighted by Gasteiger charge is -2.15. The first-order valence-corrected chi connectivity index (χ1v) is 8.30. The van der Waals surface area contributed by atoms with E-state index in [2.05, 4.69) is 34.3 Å². The van der Waals surface area contributed by atoms with E-state index < -0.39 is 0 Å². The second kappa shape index (κ2) is 6.07. The molecule has 3 heterocycles. The quantitative estimate of drug-likeness (QED) is 0.745. The zero-order valence-corrected chi connectivity index (χ0v) is 13.7. The molecule has 0 aliphatic carbocycles. The number of benzene rings is 1. The minimum atomic E-state index is 0.0910. The molecule has 1 aromatic carbocycles. The van der Waals surface area contributed by atoms with Crippen molar-refractivity contribution in [1.82, 2.24) is 19.7 Å². The van der Waals surface area contributed by atoms with Crippen LogP contribution in [-0.2, 0) is 13.5 Å². The van der Waals surface area contributed by atoms with Gasteiger partial charge in [0.25, 0.3) is 5.91 Å². The molecule has 5 heteroatoms. The van der Waals surface area contributed by atoms with Crippen molar-refractivity contribution in [3.63, 3.8) is 0 Å². The maximum atomic E-state index is 12.5. The van der Waals surface area contributed by atoms with Gasteiger partial charge in [-0.3, -0.25) is 14.5 Å². The van der Waals surface area contributed by atoms with E-state index >= 15 is 0 Å². The van der Waals surface area contributed by atoms with Crippen LogP contribution in [0.1, 0.15) is 22.3 Å². The van der Waals surface area contributed by atoms with Gasteiger partial charge < -0.3 is 4.90 Å². The zero-order chi connectivity index (χ0) is 16.5. The molecule has 122 valence electrons. The van der Waals surface area contributed by atoms with E-state index in [0.29, 0.717) is 11.5 Å². The molecular weight excluding hydrogens is 300 g/mol. The summed E-state index contributed by atoms with van der Waals surface area (Å²) in [6, 6.07) is 10.5. The van der Waals surface area contributed by atoms with E-state index in [1.807, 2.05) is 24.2 Å². The van der Waals surface area contributed by atoms with Crippen LogP contribution in [-0.4, -0.2) is 38.7 Å². The number of aromatic nitrogens is 3. The summed E-state index contributed by atoms with van der Waals surface area (Å²) in [6.07, 6.45) is 7.30. The smallest absolute Gasteiger partial charge is 0.257 e. The summed E-state index contributed by atoms with van der Waals surface area (Å²) < 4.78 is 1.67. The Bertz CT molecular complexity index is 886. The molecule has 0 N–H and O–H groups in total. The number of nitrogens with zero attached hydrogens (tertiary/aromatic N) is 4. The van der Waals surface area contributed by atoms with Gasteiger partial charge in [0.1, 0.15) is 0 Å². The van der Waals surface area contributed by atoms with E-state index in [4.69, 9.17) is 0 Å². The highest BCUT2D eigenvalue weighted by Gasteiger charge is 2.27. The van der Waals surface area contributed by atoms with Gasteiger partial charge in [-0.2, -0.15) is 5.10 Å². The summed E-state index contributed by atoms with van der Waals surface area (Å²) in [6.45, 7) is 1.65. The number of hydrogen-bond acceptors (Lipinski definition) is 3. The van der Waals surface area contributed by atoms with Crippen LogP contribution < -0.4 is 0 Å². The Labute approximate surface area is 140 Å². The lowest BCUT2D eigenvalue weighted by atomic mass is 9.97. The number of fused-ring (bicyclic) bond motifs is 1. The fourth-order valence-corrected chi connectivity index (χ4v) is 3.48. The molecule has 0 spiro atoms. The molecule has 1 fully saturated rings. The van der Waals surface area contributed by atoms with Crippen LogP contribution in [0.5, 0.6) is 0 Å². The SMILES string of the molecule is Cn1cc(C(=O)N2CC[C@H](Cc3ccc4ncccc4c3)C2)cn1. The number of rotatable bonds is 3. The molecule has 4 rings (SSSR count). The van der Waals surface area contributed by atoms with Crippen molar-refractivity contribution >= 4 is 16.8 Å². The van der Waals surface area contributed by atoms with E-state index in [1.165, 1.54) is 10.9 Å². The average Bonchev–Trinajstić information content (AvgIpc) is 3.23. The Hall–Kier alpha value is -2.69. The highest BCUT2D eigenvalue weighted by atomic mass is 16.2. The van der Waals surface area contributed by atoms with Crippen molar-refractivity contribution in [1.29, 1.82) is 0 Å². The van der Waals surface area contributed by atoms with Crippen LogP contribution in [0.4, 0.5) is 0 Å². The summed E-state index contributed by atoms with van der Waals surface area (Å²) >= 11 is 0. The van der Waals surface area contributed by atoms with Crippen LogP contribution in [0.15, 0.2) is 48.9 Å². The Balaban J connectivity index is 1.43. The molecule has 24 heavy (non-hydrogen) atoms. The first-order chi connectivity index (χ1) is 11.7. The van der Waals surface area contributed by atoms with Gasteiger partial charge in [0, 0.05) is 37.9 Å². The maximum Gasteiger partial charge on any atom is 0.257 e. The summed E-state index contributed by atoms with van der Waals surface area (Å²) in [5.74, 6) is 0.605. The molecule has 0 radical (unpaired) electrons. The molecule has 0 unspecified atom stereocenters. The Kier molecular flexibility index (Phi) is 3.76. The molecule has 3 aromatic rings. The number of pyridine rings is 1. The van der Waals surface area contributed by atoms with Crippen molar-refractivity contribution in [2.24, 2.45) is 13.0 Å². The van der Waals surface area contributed by atoms with Crippen molar-refractivity contribution in [3.05, 3.63) is 60.0 Å². The molecule has 1 aliphatic rings. The van der Waals surface area contributed by atoms with Crippen molar-refractivity contribution < 1.29 is 4.79 Å². The zero-order valence-electron chi connectivity index (χ0n) is 13.7. The molecule has 1 atom stereocenters. The first-order valence-electron chi connectivity index (χ1n) is 8.30. The van der Waals surface area contributed by atoms with Gasteiger partial charge in [-0.15, -0.1) is 0 Å². The summed E-state index contributed by atoms with van der Waals surface area (Å²) in [7, 11) is 1.83. The number of likely N-dealkylation sites (tertiary alicyclic amines) is 1. The number of carbonyl (C=O) groups excluding carboxylic acids is 1. The molecule has 2 aromatic heterocycles. The van der Waals surface area contributed by atoms with Gasteiger partial charge in [0.05, 0.1) is 17.3 Å². The molecule has 0 saturated carbocycles. The lowest BCUT2D eigenvalue weighted by Crippen LogP contribution is -2.28. The Morgan fingerprint density at radius 3 is 3.08 bits per heavy atom. The number of hydrogen-bond donors (Lipinski definition) is 0. The average molecular weight is 320 g/mol. The predicted molar refractivity (Wildman–Crippen MR) is 92.7 cm³/mol. The van der Waals surface area contributed by atoms with Gasteiger partial charge in [0.2, 0.25) is 0 Å². The van der Waals surface area contributed by atoms with E-state index in [1.54, 1.807) is 17.1 Å². The summed E-state index contributed by atoms with van der Waals surface area (Å²) in [4.78, 5) is 18.8. The van der Waals surface area contributed by atoms with Crippen molar-refractivity contribution in [3.8, 4) is 0 Å². The van der Waals surface area contributed by atoms with Gasteiger partial charge in [-0.25, -0.2) is 0 Å². The van der Waals surface area contributed by atoms with Crippen LogP contribution in [0.2, 0.25) is 0 Å². The molecular formula is C19H20N4O. The number of carbonyl (C=O) groups is 1. The topological polar surface area (TPSA) is 51.0 Å². The van der Waals surface area contributed by atoms with E-state index in [9.17, 15) is 4.79 Å². The van der Waals surface area contributed by atoms with Gasteiger partial charge in [-0.05, 0) is 42.5 Å².